The molecule has 0 saturated heterocycles. The van der Waals surface area contributed by atoms with Crippen molar-refractivity contribution in [2.45, 2.75) is 33.4 Å². The van der Waals surface area contributed by atoms with Gasteiger partial charge in [0, 0.05) is 25.9 Å². The number of nitrogens with zero attached hydrogens (tertiary/aromatic N) is 2. The zero-order valence-electron chi connectivity index (χ0n) is 16.2. The molecule has 2 aromatic heterocycles. The van der Waals surface area contributed by atoms with Crippen molar-refractivity contribution in [2.24, 2.45) is 0 Å². The molecule has 8 heteroatoms. The molecule has 148 valence electrons. The van der Waals surface area contributed by atoms with Gasteiger partial charge in [0.15, 0.2) is 0 Å². The Hall–Kier alpha value is -2.71. The van der Waals surface area contributed by atoms with Crippen LogP contribution < -0.4 is 16.6 Å². The highest BCUT2D eigenvalue weighted by Crippen LogP contribution is 2.16. The third kappa shape index (κ3) is 4.23. The molecule has 0 bridgehead atoms. The van der Waals surface area contributed by atoms with E-state index >= 15 is 0 Å². The zero-order chi connectivity index (χ0) is 20.3. The van der Waals surface area contributed by atoms with Crippen LogP contribution in [0.2, 0.25) is 0 Å². The van der Waals surface area contributed by atoms with E-state index in [4.69, 9.17) is 4.74 Å². The van der Waals surface area contributed by atoms with Crippen LogP contribution in [0.5, 0.6) is 0 Å². The summed E-state index contributed by atoms with van der Waals surface area (Å²) in [5.41, 5.74) is 2.45. The Morgan fingerprint density at radius 1 is 1.14 bits per heavy atom. The van der Waals surface area contributed by atoms with Crippen molar-refractivity contribution in [1.82, 2.24) is 9.13 Å². The van der Waals surface area contributed by atoms with Gasteiger partial charge in [-0.15, -0.1) is 11.3 Å². The van der Waals surface area contributed by atoms with Crippen molar-refractivity contribution in [3.8, 4) is 0 Å². The number of nitrogens with one attached hydrogen (secondary N) is 1. The van der Waals surface area contributed by atoms with Crippen LogP contribution in [0.25, 0.3) is 10.2 Å². The number of hydrogen-bond acceptors (Lipinski definition) is 5. The van der Waals surface area contributed by atoms with E-state index in [1.54, 1.807) is 18.6 Å². The minimum absolute atomic E-state index is 0.163. The lowest BCUT2D eigenvalue weighted by atomic mass is 10.1. The van der Waals surface area contributed by atoms with Gasteiger partial charge in [-0.05, 0) is 55.0 Å². The van der Waals surface area contributed by atoms with Crippen LogP contribution in [0, 0.1) is 13.8 Å². The molecule has 0 spiro atoms. The zero-order valence-corrected chi connectivity index (χ0v) is 17.0. The van der Waals surface area contributed by atoms with Gasteiger partial charge in [0.2, 0.25) is 5.91 Å². The first kappa shape index (κ1) is 20.0. The van der Waals surface area contributed by atoms with E-state index in [-0.39, 0.29) is 24.6 Å². The lowest BCUT2D eigenvalue weighted by molar-refractivity contribution is -0.116. The monoisotopic (exact) mass is 401 g/mol. The minimum Gasteiger partial charge on any atom is -0.385 e. The molecule has 1 amide bonds. The predicted molar refractivity (Wildman–Crippen MR) is 111 cm³/mol. The van der Waals surface area contributed by atoms with Gasteiger partial charge in [0.25, 0.3) is 5.56 Å². The molecule has 1 N–H and O–H groups in total. The van der Waals surface area contributed by atoms with E-state index in [2.05, 4.69) is 5.32 Å². The van der Waals surface area contributed by atoms with Gasteiger partial charge in [-0.25, -0.2) is 4.79 Å². The standard InChI is InChI=1S/C20H23N3O4S/c1-13-9-14(2)11-15(10-13)21-17(24)12-23-16-5-8-28-18(16)19(25)22(20(23)26)6-4-7-27-3/h5,8-11H,4,6-7,12H2,1-3H3,(H,21,24). The number of carbonyl (C=O) groups excluding carboxylic acids is 1. The van der Waals surface area contributed by atoms with Crippen LogP contribution in [0.1, 0.15) is 17.5 Å². The maximum Gasteiger partial charge on any atom is 0.332 e. The molecule has 0 unspecified atom stereocenters. The maximum atomic E-state index is 12.9. The molecule has 0 fully saturated rings. The molecule has 0 aliphatic heterocycles. The van der Waals surface area contributed by atoms with Crippen molar-refractivity contribution in [3.05, 3.63) is 61.6 Å². The quantitative estimate of drug-likeness (QED) is 0.617. The Bertz CT molecular complexity index is 1110. The van der Waals surface area contributed by atoms with Gasteiger partial charge in [0.05, 0.1) is 5.52 Å². The SMILES string of the molecule is COCCCn1c(=O)c2sccc2n(CC(=O)Nc2cc(C)cc(C)c2)c1=O. The first-order valence-electron chi connectivity index (χ1n) is 8.98. The second-order valence-corrected chi connectivity index (χ2v) is 7.65. The number of amides is 1. The lowest BCUT2D eigenvalue weighted by Gasteiger charge is -2.13. The molecular weight excluding hydrogens is 378 g/mol. The molecule has 0 saturated carbocycles. The molecule has 3 rings (SSSR count). The molecule has 3 aromatic rings. The molecule has 1 aromatic carbocycles. The van der Waals surface area contributed by atoms with E-state index in [1.807, 2.05) is 32.0 Å². The number of carbonyl (C=O) groups is 1. The fourth-order valence-corrected chi connectivity index (χ4v) is 4.08. The number of fused-ring (bicyclic) bond motifs is 1. The number of rotatable bonds is 7. The molecule has 7 nitrogen and oxygen atoms in total. The van der Waals surface area contributed by atoms with Crippen LogP contribution in [-0.2, 0) is 22.6 Å². The second kappa shape index (κ2) is 8.53. The fraction of sp³-hybridized carbons (Fsp3) is 0.350. The summed E-state index contributed by atoms with van der Waals surface area (Å²) >= 11 is 1.27. The summed E-state index contributed by atoms with van der Waals surface area (Å²) in [7, 11) is 1.57. The predicted octanol–water partition coefficient (Wildman–Crippen LogP) is 2.52. The summed E-state index contributed by atoms with van der Waals surface area (Å²) < 4.78 is 8.02. The van der Waals surface area contributed by atoms with Crippen molar-refractivity contribution < 1.29 is 9.53 Å². The van der Waals surface area contributed by atoms with Crippen molar-refractivity contribution in [2.75, 3.05) is 19.0 Å². The van der Waals surface area contributed by atoms with E-state index in [9.17, 15) is 14.4 Å². The number of anilines is 1. The molecular formula is C20H23N3O4S. The summed E-state index contributed by atoms with van der Waals surface area (Å²) in [4.78, 5) is 38.1. The van der Waals surface area contributed by atoms with Crippen LogP contribution in [0.4, 0.5) is 5.69 Å². The molecule has 0 aliphatic carbocycles. The van der Waals surface area contributed by atoms with Gasteiger partial charge in [-0.1, -0.05) is 6.07 Å². The van der Waals surface area contributed by atoms with E-state index in [1.165, 1.54) is 20.5 Å². The van der Waals surface area contributed by atoms with E-state index in [0.29, 0.717) is 28.9 Å². The Morgan fingerprint density at radius 3 is 2.54 bits per heavy atom. The summed E-state index contributed by atoms with van der Waals surface area (Å²) in [6.45, 7) is 4.44. The number of aryl methyl sites for hydroxylation is 2. The largest absolute Gasteiger partial charge is 0.385 e. The van der Waals surface area contributed by atoms with Crippen molar-refractivity contribution >= 4 is 33.1 Å². The number of benzene rings is 1. The normalized spacial score (nSPS) is 11.1. The number of methoxy groups -OCH3 is 1. The highest BCUT2D eigenvalue weighted by Gasteiger charge is 2.16. The lowest BCUT2D eigenvalue weighted by Crippen LogP contribution is -2.41. The number of ether oxygens (including phenoxy) is 1. The molecule has 0 atom stereocenters. The first-order chi connectivity index (χ1) is 13.4. The minimum atomic E-state index is -0.484. The number of hydrogen-bond donors (Lipinski definition) is 1. The van der Waals surface area contributed by atoms with E-state index in [0.717, 1.165) is 11.1 Å². The third-order valence-corrected chi connectivity index (χ3v) is 5.27. The summed E-state index contributed by atoms with van der Waals surface area (Å²) in [6.07, 6.45) is 0.539. The molecule has 2 heterocycles. The maximum absolute atomic E-state index is 12.9. The fourth-order valence-electron chi connectivity index (χ4n) is 3.24. The second-order valence-electron chi connectivity index (χ2n) is 6.73. The Labute approximate surface area is 166 Å². The smallest absolute Gasteiger partial charge is 0.332 e. The van der Waals surface area contributed by atoms with Crippen LogP contribution >= 0.6 is 11.3 Å². The Morgan fingerprint density at radius 2 is 1.86 bits per heavy atom. The number of thiophene rings is 1. The van der Waals surface area contributed by atoms with Crippen LogP contribution in [0.15, 0.2) is 39.2 Å². The molecule has 0 aliphatic rings. The average Bonchev–Trinajstić information content (AvgIpc) is 3.10. The third-order valence-electron chi connectivity index (χ3n) is 4.37. The molecule has 28 heavy (non-hydrogen) atoms. The number of aromatic nitrogens is 2. The summed E-state index contributed by atoms with van der Waals surface area (Å²) in [5.74, 6) is -0.318. The van der Waals surface area contributed by atoms with E-state index < -0.39 is 5.69 Å². The van der Waals surface area contributed by atoms with Gasteiger partial charge >= 0.3 is 5.69 Å². The van der Waals surface area contributed by atoms with Crippen molar-refractivity contribution in [3.63, 3.8) is 0 Å². The topological polar surface area (TPSA) is 82.3 Å². The highest BCUT2D eigenvalue weighted by molar-refractivity contribution is 7.17. The van der Waals surface area contributed by atoms with Gasteiger partial charge in [-0.2, -0.15) is 0 Å². The van der Waals surface area contributed by atoms with Gasteiger partial charge in [0.1, 0.15) is 11.2 Å². The highest BCUT2D eigenvalue weighted by atomic mass is 32.1. The van der Waals surface area contributed by atoms with Crippen molar-refractivity contribution in [1.29, 1.82) is 0 Å². The van der Waals surface area contributed by atoms with Crippen LogP contribution in [-0.4, -0.2) is 28.8 Å². The average molecular weight is 401 g/mol. The summed E-state index contributed by atoms with van der Waals surface area (Å²) in [6, 6.07) is 7.47. The summed E-state index contributed by atoms with van der Waals surface area (Å²) in [5, 5.41) is 4.59. The Balaban J connectivity index is 1.93. The van der Waals surface area contributed by atoms with Gasteiger partial charge < -0.3 is 10.1 Å². The molecule has 0 radical (unpaired) electrons. The Kier molecular flexibility index (Phi) is 6.11. The van der Waals surface area contributed by atoms with Crippen LogP contribution in [0.3, 0.4) is 0 Å². The van der Waals surface area contributed by atoms with Gasteiger partial charge in [-0.3, -0.25) is 18.7 Å². The first-order valence-corrected chi connectivity index (χ1v) is 9.86.